The molecule has 2 aromatic heterocycles. The molecule has 2 heterocycles. The third-order valence-corrected chi connectivity index (χ3v) is 5.76. The number of nitrogens with one attached hydrogen (secondary N) is 2. The monoisotopic (exact) mass is 481 g/mol. The van der Waals surface area contributed by atoms with Gasteiger partial charge >= 0.3 is 0 Å². The summed E-state index contributed by atoms with van der Waals surface area (Å²) >= 11 is 7.22. The second kappa shape index (κ2) is 10.4. The molecule has 0 saturated heterocycles. The second-order valence-corrected chi connectivity index (χ2v) is 8.41. The van der Waals surface area contributed by atoms with Gasteiger partial charge in [-0.05, 0) is 49.4 Å². The Labute approximate surface area is 199 Å². The highest BCUT2D eigenvalue weighted by Crippen LogP contribution is 2.25. The number of carbonyl (C=O) groups excluding carboxylic acids is 2. The first-order valence-electron chi connectivity index (χ1n) is 10.0. The minimum Gasteiger partial charge on any atom is -0.459 e. The largest absolute Gasteiger partial charge is 0.459 e. The molecule has 2 aromatic carbocycles. The zero-order valence-corrected chi connectivity index (χ0v) is 19.1. The van der Waals surface area contributed by atoms with Crippen molar-refractivity contribution in [2.45, 2.75) is 18.1 Å². The van der Waals surface area contributed by atoms with Gasteiger partial charge in [0.1, 0.15) is 0 Å². The fourth-order valence-electron chi connectivity index (χ4n) is 3.11. The standard InChI is InChI=1S/C23H20ClN5O3S/c1-15(25-22(31)19-11-6-12-32-19)21-27-28-23(29(21)18-9-3-2-4-10-18)33-14-20(30)26-17-8-5-7-16(24)13-17/h2-13,15H,14H2,1H3,(H,25,31)(H,26,30)/t15-/m0/s1. The zero-order chi connectivity index (χ0) is 23.2. The Bertz CT molecular complexity index is 1240. The molecule has 0 saturated carbocycles. The number of para-hydroxylation sites is 1. The predicted molar refractivity (Wildman–Crippen MR) is 127 cm³/mol. The SMILES string of the molecule is C[C@H](NC(=O)c1ccco1)c1nnc(SCC(=O)Nc2cccc(Cl)c2)n1-c1ccccc1. The van der Waals surface area contributed by atoms with Gasteiger partial charge in [-0.15, -0.1) is 10.2 Å². The van der Waals surface area contributed by atoms with Crippen LogP contribution in [0.15, 0.2) is 82.6 Å². The summed E-state index contributed by atoms with van der Waals surface area (Å²) in [4.78, 5) is 24.9. The second-order valence-electron chi connectivity index (χ2n) is 7.03. The summed E-state index contributed by atoms with van der Waals surface area (Å²) < 4.78 is 6.99. The van der Waals surface area contributed by atoms with Gasteiger partial charge < -0.3 is 15.1 Å². The Balaban J connectivity index is 1.52. The molecule has 1 atom stereocenters. The van der Waals surface area contributed by atoms with Crippen LogP contribution >= 0.6 is 23.4 Å². The van der Waals surface area contributed by atoms with Crippen LogP contribution in [0.3, 0.4) is 0 Å². The van der Waals surface area contributed by atoms with E-state index in [0.717, 1.165) is 5.69 Å². The van der Waals surface area contributed by atoms with E-state index >= 15 is 0 Å². The molecule has 0 spiro atoms. The quantitative estimate of drug-likeness (QED) is 0.352. The molecule has 33 heavy (non-hydrogen) atoms. The third-order valence-electron chi connectivity index (χ3n) is 4.59. The number of amides is 2. The lowest BCUT2D eigenvalue weighted by Gasteiger charge is -2.15. The molecule has 0 bridgehead atoms. The van der Waals surface area contributed by atoms with Crippen LogP contribution in [0, 0.1) is 0 Å². The smallest absolute Gasteiger partial charge is 0.287 e. The van der Waals surface area contributed by atoms with E-state index in [-0.39, 0.29) is 23.3 Å². The van der Waals surface area contributed by atoms with Gasteiger partial charge in [-0.3, -0.25) is 14.2 Å². The number of rotatable bonds is 8. The molecular formula is C23H20ClN5O3S. The van der Waals surface area contributed by atoms with E-state index in [1.54, 1.807) is 36.4 Å². The Hall–Kier alpha value is -3.56. The van der Waals surface area contributed by atoms with Crippen molar-refractivity contribution in [3.05, 3.63) is 89.6 Å². The predicted octanol–water partition coefficient (Wildman–Crippen LogP) is 4.74. The number of thioether (sulfide) groups is 1. The van der Waals surface area contributed by atoms with Crippen LogP contribution < -0.4 is 10.6 Å². The molecule has 0 aliphatic heterocycles. The summed E-state index contributed by atoms with van der Waals surface area (Å²) in [7, 11) is 0. The molecular weight excluding hydrogens is 462 g/mol. The van der Waals surface area contributed by atoms with Crippen LogP contribution in [-0.2, 0) is 4.79 Å². The Morgan fingerprint density at radius 2 is 1.91 bits per heavy atom. The Morgan fingerprint density at radius 3 is 2.64 bits per heavy atom. The van der Waals surface area contributed by atoms with Crippen molar-refractivity contribution in [2.75, 3.05) is 11.1 Å². The lowest BCUT2D eigenvalue weighted by molar-refractivity contribution is -0.113. The maximum Gasteiger partial charge on any atom is 0.287 e. The Kier molecular flexibility index (Phi) is 7.11. The van der Waals surface area contributed by atoms with Gasteiger partial charge in [-0.25, -0.2) is 0 Å². The van der Waals surface area contributed by atoms with E-state index < -0.39 is 6.04 Å². The molecule has 0 aliphatic rings. The summed E-state index contributed by atoms with van der Waals surface area (Å²) in [5, 5.41) is 15.3. The van der Waals surface area contributed by atoms with Crippen molar-refractivity contribution in [1.82, 2.24) is 20.1 Å². The van der Waals surface area contributed by atoms with Crippen LogP contribution in [0.25, 0.3) is 5.69 Å². The molecule has 168 valence electrons. The maximum absolute atomic E-state index is 12.5. The molecule has 0 unspecified atom stereocenters. The average Bonchev–Trinajstić information content (AvgIpc) is 3.49. The maximum atomic E-state index is 12.5. The molecule has 10 heteroatoms. The number of aromatic nitrogens is 3. The first-order valence-corrected chi connectivity index (χ1v) is 11.4. The molecule has 0 aliphatic carbocycles. The van der Waals surface area contributed by atoms with Crippen molar-refractivity contribution in [1.29, 1.82) is 0 Å². The highest BCUT2D eigenvalue weighted by Gasteiger charge is 2.22. The van der Waals surface area contributed by atoms with Crippen molar-refractivity contribution in [2.24, 2.45) is 0 Å². The van der Waals surface area contributed by atoms with Gasteiger partial charge in [0.25, 0.3) is 5.91 Å². The van der Waals surface area contributed by atoms with E-state index in [4.69, 9.17) is 16.0 Å². The van der Waals surface area contributed by atoms with Crippen molar-refractivity contribution < 1.29 is 14.0 Å². The minimum absolute atomic E-state index is 0.116. The van der Waals surface area contributed by atoms with Crippen LogP contribution in [0.1, 0.15) is 29.3 Å². The van der Waals surface area contributed by atoms with E-state index in [9.17, 15) is 9.59 Å². The van der Waals surface area contributed by atoms with Gasteiger partial charge in [0.05, 0.1) is 18.1 Å². The van der Waals surface area contributed by atoms with Crippen molar-refractivity contribution in [3.63, 3.8) is 0 Å². The normalized spacial score (nSPS) is 11.7. The number of hydrogen-bond acceptors (Lipinski definition) is 6. The topological polar surface area (TPSA) is 102 Å². The first-order chi connectivity index (χ1) is 16.0. The summed E-state index contributed by atoms with van der Waals surface area (Å²) in [6.45, 7) is 1.81. The van der Waals surface area contributed by atoms with E-state index in [1.165, 1.54) is 18.0 Å². The summed E-state index contributed by atoms with van der Waals surface area (Å²) in [5.74, 6) is 0.291. The molecule has 2 amide bonds. The van der Waals surface area contributed by atoms with E-state index in [2.05, 4.69) is 20.8 Å². The van der Waals surface area contributed by atoms with Gasteiger partial charge in [-0.2, -0.15) is 0 Å². The molecule has 4 aromatic rings. The number of carbonyl (C=O) groups is 2. The average molecular weight is 482 g/mol. The number of nitrogens with zero attached hydrogens (tertiary/aromatic N) is 3. The van der Waals surface area contributed by atoms with Gasteiger partial charge in [0.15, 0.2) is 16.7 Å². The minimum atomic E-state index is -0.468. The Morgan fingerprint density at radius 1 is 1.09 bits per heavy atom. The van der Waals surface area contributed by atoms with Gasteiger partial charge in [0.2, 0.25) is 5.91 Å². The fourth-order valence-corrected chi connectivity index (χ4v) is 4.06. The number of halogens is 1. The summed E-state index contributed by atoms with van der Waals surface area (Å²) in [6.07, 6.45) is 1.44. The van der Waals surface area contributed by atoms with Gasteiger partial charge in [-0.1, -0.05) is 47.6 Å². The van der Waals surface area contributed by atoms with Crippen LogP contribution in [0.2, 0.25) is 5.02 Å². The molecule has 0 radical (unpaired) electrons. The van der Waals surface area contributed by atoms with Crippen LogP contribution in [-0.4, -0.2) is 32.3 Å². The van der Waals surface area contributed by atoms with E-state index in [0.29, 0.717) is 21.7 Å². The highest BCUT2D eigenvalue weighted by atomic mass is 35.5. The lowest BCUT2D eigenvalue weighted by Crippen LogP contribution is -2.28. The number of benzene rings is 2. The van der Waals surface area contributed by atoms with Crippen molar-refractivity contribution >= 4 is 40.9 Å². The number of anilines is 1. The fraction of sp³-hybridized carbons (Fsp3) is 0.130. The lowest BCUT2D eigenvalue weighted by atomic mass is 10.2. The molecule has 2 N–H and O–H groups in total. The molecule has 0 fully saturated rings. The van der Waals surface area contributed by atoms with E-state index in [1.807, 2.05) is 41.8 Å². The zero-order valence-electron chi connectivity index (χ0n) is 17.6. The third kappa shape index (κ3) is 5.63. The highest BCUT2D eigenvalue weighted by molar-refractivity contribution is 7.99. The van der Waals surface area contributed by atoms with Crippen LogP contribution in [0.4, 0.5) is 5.69 Å². The number of hydrogen-bond donors (Lipinski definition) is 2. The summed E-state index contributed by atoms with van der Waals surface area (Å²) in [5.41, 5.74) is 1.43. The first kappa shape index (κ1) is 22.6. The molecule has 4 rings (SSSR count). The number of furan rings is 1. The summed E-state index contributed by atoms with van der Waals surface area (Å²) in [6, 6.07) is 19.2. The molecule has 8 nitrogen and oxygen atoms in total. The van der Waals surface area contributed by atoms with Crippen LogP contribution in [0.5, 0.6) is 0 Å². The van der Waals surface area contributed by atoms with Crippen molar-refractivity contribution in [3.8, 4) is 5.69 Å². The van der Waals surface area contributed by atoms with Gasteiger partial charge in [0, 0.05) is 16.4 Å².